The molecule has 28 heavy (non-hydrogen) atoms. The van der Waals surface area contributed by atoms with Crippen LogP contribution in [-0.4, -0.2) is 54.6 Å². The molecule has 1 aliphatic rings. The number of nitro benzene ring substituents is 1. The van der Waals surface area contributed by atoms with Crippen molar-refractivity contribution in [1.29, 1.82) is 0 Å². The molecule has 0 atom stereocenters. The fourth-order valence-electron chi connectivity index (χ4n) is 2.91. The van der Waals surface area contributed by atoms with Crippen LogP contribution in [0.5, 0.6) is 0 Å². The largest absolute Gasteiger partial charge is 0.465 e. The normalized spacial score (nSPS) is 15.8. The molecule has 148 valence electrons. The van der Waals surface area contributed by atoms with Crippen molar-refractivity contribution in [3.05, 3.63) is 64.1 Å². The molecule has 0 aliphatic carbocycles. The summed E-state index contributed by atoms with van der Waals surface area (Å²) in [6, 6.07) is 7.20. The molecule has 9 nitrogen and oxygen atoms in total. The summed E-state index contributed by atoms with van der Waals surface area (Å²) in [5.41, 5.74) is 0.159. The molecule has 0 spiro atoms. The summed E-state index contributed by atoms with van der Waals surface area (Å²) in [6.45, 7) is 2.29. The average Bonchev–Trinajstić information content (AvgIpc) is 3.20. The molecular formula is C18H19N3O6S. The van der Waals surface area contributed by atoms with E-state index in [-0.39, 0.29) is 42.7 Å². The third kappa shape index (κ3) is 4.12. The van der Waals surface area contributed by atoms with Crippen LogP contribution in [0.25, 0.3) is 6.08 Å². The standard InChI is InChI=1S/C18H19N3O6S/c1-14-4-5-15(21(23)24)13-17(14)28(25,26)20-10-8-19(9-11-20)18(22)7-6-16-3-2-12-27-16/h2-7,12-13H,8-11H2,1H3. The van der Waals surface area contributed by atoms with Crippen LogP contribution in [0.3, 0.4) is 0 Å². The Labute approximate surface area is 162 Å². The van der Waals surface area contributed by atoms with E-state index in [2.05, 4.69) is 0 Å². The molecule has 2 aromatic rings. The van der Waals surface area contributed by atoms with E-state index in [9.17, 15) is 23.3 Å². The highest BCUT2D eigenvalue weighted by molar-refractivity contribution is 7.89. The molecule has 0 N–H and O–H groups in total. The molecule has 1 fully saturated rings. The minimum atomic E-state index is -3.89. The van der Waals surface area contributed by atoms with E-state index in [0.717, 1.165) is 6.07 Å². The Balaban J connectivity index is 1.69. The third-order valence-electron chi connectivity index (χ3n) is 4.48. The number of piperazine rings is 1. The summed E-state index contributed by atoms with van der Waals surface area (Å²) < 4.78 is 32.2. The number of hydrogen-bond acceptors (Lipinski definition) is 6. The number of hydrogen-bond donors (Lipinski definition) is 0. The van der Waals surface area contributed by atoms with E-state index in [4.69, 9.17) is 4.42 Å². The molecule has 10 heteroatoms. The lowest BCUT2D eigenvalue weighted by molar-refractivity contribution is -0.385. The molecule has 0 radical (unpaired) electrons. The minimum Gasteiger partial charge on any atom is -0.465 e. The van der Waals surface area contributed by atoms with E-state index in [1.807, 2.05) is 0 Å². The molecular weight excluding hydrogens is 386 g/mol. The molecule has 2 heterocycles. The number of non-ortho nitro benzene ring substituents is 1. The summed E-state index contributed by atoms with van der Waals surface area (Å²) >= 11 is 0. The first-order chi connectivity index (χ1) is 13.3. The first-order valence-electron chi connectivity index (χ1n) is 8.55. The van der Waals surface area contributed by atoms with Crippen molar-refractivity contribution in [2.75, 3.05) is 26.2 Å². The van der Waals surface area contributed by atoms with Gasteiger partial charge in [0.05, 0.1) is 16.1 Å². The zero-order valence-corrected chi connectivity index (χ0v) is 16.0. The Morgan fingerprint density at radius 2 is 1.93 bits per heavy atom. The highest BCUT2D eigenvalue weighted by Crippen LogP contribution is 2.25. The summed E-state index contributed by atoms with van der Waals surface area (Å²) in [5, 5.41) is 11.0. The second-order valence-electron chi connectivity index (χ2n) is 6.29. The lowest BCUT2D eigenvalue weighted by Gasteiger charge is -2.33. The average molecular weight is 405 g/mol. The predicted molar refractivity (Wildman–Crippen MR) is 101 cm³/mol. The van der Waals surface area contributed by atoms with E-state index in [0.29, 0.717) is 11.3 Å². The zero-order chi connectivity index (χ0) is 20.3. The van der Waals surface area contributed by atoms with Gasteiger partial charge in [0.15, 0.2) is 0 Å². The van der Waals surface area contributed by atoms with E-state index >= 15 is 0 Å². The monoisotopic (exact) mass is 405 g/mol. The van der Waals surface area contributed by atoms with Gasteiger partial charge in [0.1, 0.15) is 5.76 Å². The number of amides is 1. The molecule has 1 aromatic heterocycles. The van der Waals surface area contributed by atoms with Crippen molar-refractivity contribution in [3.63, 3.8) is 0 Å². The molecule has 1 amide bonds. The highest BCUT2D eigenvalue weighted by Gasteiger charge is 2.31. The van der Waals surface area contributed by atoms with Crippen molar-refractivity contribution in [2.45, 2.75) is 11.8 Å². The first-order valence-corrected chi connectivity index (χ1v) is 9.99. The maximum atomic E-state index is 12.9. The van der Waals surface area contributed by atoms with Gasteiger partial charge in [-0.15, -0.1) is 0 Å². The summed E-state index contributed by atoms with van der Waals surface area (Å²) in [7, 11) is -3.89. The van der Waals surface area contributed by atoms with Crippen molar-refractivity contribution >= 4 is 27.7 Å². The molecule has 1 aromatic carbocycles. The number of nitro groups is 1. The van der Waals surface area contributed by atoms with Gasteiger partial charge in [0.25, 0.3) is 5.69 Å². The van der Waals surface area contributed by atoms with E-state index < -0.39 is 14.9 Å². The molecule has 0 unspecified atom stereocenters. The Hall–Kier alpha value is -2.98. The van der Waals surface area contributed by atoms with Crippen molar-refractivity contribution < 1.29 is 22.6 Å². The summed E-state index contributed by atoms with van der Waals surface area (Å²) in [4.78, 5) is 24.1. The van der Waals surface area contributed by atoms with E-state index in [1.54, 1.807) is 30.0 Å². The second-order valence-corrected chi connectivity index (χ2v) is 8.19. The Kier molecular flexibility index (Phi) is 5.61. The lowest BCUT2D eigenvalue weighted by Crippen LogP contribution is -2.50. The van der Waals surface area contributed by atoms with Gasteiger partial charge in [-0.3, -0.25) is 14.9 Å². The van der Waals surface area contributed by atoms with Crippen LogP contribution in [0.2, 0.25) is 0 Å². The quantitative estimate of drug-likeness (QED) is 0.427. The topological polar surface area (TPSA) is 114 Å². The van der Waals surface area contributed by atoms with Gasteiger partial charge in [-0.25, -0.2) is 8.42 Å². The Morgan fingerprint density at radius 1 is 1.21 bits per heavy atom. The molecule has 3 rings (SSSR count). The molecule has 0 saturated carbocycles. The number of furan rings is 1. The van der Waals surface area contributed by atoms with E-state index in [1.165, 1.54) is 28.8 Å². The maximum Gasteiger partial charge on any atom is 0.270 e. The smallest absolute Gasteiger partial charge is 0.270 e. The predicted octanol–water partition coefficient (Wildman–Crippen LogP) is 2.04. The Morgan fingerprint density at radius 3 is 2.54 bits per heavy atom. The number of benzene rings is 1. The maximum absolute atomic E-state index is 12.9. The van der Waals surface area contributed by atoms with Gasteiger partial charge < -0.3 is 9.32 Å². The SMILES string of the molecule is Cc1ccc([N+](=O)[O-])cc1S(=O)(=O)N1CCN(C(=O)C=Cc2ccco2)CC1. The van der Waals surface area contributed by atoms with Crippen LogP contribution in [0.4, 0.5) is 5.69 Å². The number of aryl methyl sites for hydroxylation is 1. The van der Waals surface area contributed by atoms with Gasteiger partial charge in [-0.1, -0.05) is 6.07 Å². The van der Waals surface area contributed by atoms with Crippen molar-refractivity contribution in [3.8, 4) is 0 Å². The fraction of sp³-hybridized carbons (Fsp3) is 0.278. The van der Waals surface area contributed by atoms with Gasteiger partial charge in [-0.2, -0.15) is 4.31 Å². The van der Waals surface area contributed by atoms with Crippen LogP contribution in [0.1, 0.15) is 11.3 Å². The van der Waals surface area contributed by atoms with Gasteiger partial charge >= 0.3 is 0 Å². The minimum absolute atomic E-state index is 0.0841. The van der Waals surface area contributed by atoms with Gasteiger partial charge in [0, 0.05) is 44.4 Å². The first kappa shape index (κ1) is 19.8. The van der Waals surface area contributed by atoms with Gasteiger partial charge in [-0.05, 0) is 30.7 Å². The van der Waals surface area contributed by atoms with Crippen LogP contribution in [0.15, 0.2) is 52.0 Å². The lowest BCUT2D eigenvalue weighted by atomic mass is 10.2. The molecule has 1 saturated heterocycles. The molecule has 1 aliphatic heterocycles. The van der Waals surface area contributed by atoms with Crippen LogP contribution in [0, 0.1) is 17.0 Å². The van der Waals surface area contributed by atoms with Crippen molar-refractivity contribution in [1.82, 2.24) is 9.21 Å². The Bertz CT molecular complexity index is 1010. The zero-order valence-electron chi connectivity index (χ0n) is 15.1. The molecule has 0 bridgehead atoms. The highest BCUT2D eigenvalue weighted by atomic mass is 32.2. The summed E-state index contributed by atoms with van der Waals surface area (Å²) in [6.07, 6.45) is 4.44. The summed E-state index contributed by atoms with van der Waals surface area (Å²) in [5.74, 6) is 0.315. The number of carbonyl (C=O) groups excluding carboxylic acids is 1. The number of sulfonamides is 1. The van der Waals surface area contributed by atoms with Crippen LogP contribution in [-0.2, 0) is 14.8 Å². The number of rotatable bonds is 5. The van der Waals surface area contributed by atoms with Crippen molar-refractivity contribution in [2.24, 2.45) is 0 Å². The van der Waals surface area contributed by atoms with Gasteiger partial charge in [0.2, 0.25) is 15.9 Å². The van der Waals surface area contributed by atoms with Crippen LogP contribution >= 0.6 is 0 Å². The number of carbonyl (C=O) groups is 1. The third-order valence-corrected chi connectivity index (χ3v) is 6.52. The van der Waals surface area contributed by atoms with Crippen LogP contribution < -0.4 is 0 Å². The second kappa shape index (κ2) is 7.95. The number of nitrogens with zero attached hydrogens (tertiary/aromatic N) is 3. The fourth-order valence-corrected chi connectivity index (χ4v) is 4.58.